The van der Waals surface area contributed by atoms with Crippen molar-refractivity contribution in [1.82, 2.24) is 15.2 Å². The minimum Gasteiger partial charge on any atom is -0.480 e. The van der Waals surface area contributed by atoms with Crippen LogP contribution in [0.25, 0.3) is 10.9 Å². The van der Waals surface area contributed by atoms with Crippen molar-refractivity contribution in [2.24, 2.45) is 0 Å². The van der Waals surface area contributed by atoms with Crippen molar-refractivity contribution in [3.8, 4) is 0 Å². The van der Waals surface area contributed by atoms with E-state index < -0.39 is 48.0 Å². The van der Waals surface area contributed by atoms with Crippen LogP contribution in [0.3, 0.4) is 0 Å². The molecule has 10 nitrogen and oxygen atoms in total. The van der Waals surface area contributed by atoms with Crippen LogP contribution in [0.15, 0.2) is 72.8 Å². The molecule has 4 amide bonds. The van der Waals surface area contributed by atoms with Gasteiger partial charge >= 0.3 is 12.0 Å². The number of H-pyrrole nitrogens is 1. The van der Waals surface area contributed by atoms with Crippen LogP contribution in [-0.4, -0.2) is 62.1 Å². The van der Waals surface area contributed by atoms with Gasteiger partial charge in [-0.25, -0.2) is 14.5 Å². The summed E-state index contributed by atoms with van der Waals surface area (Å²) in [6, 6.07) is 17.1. The molecular formula is C30H25ClN4O6. The molecule has 11 heteroatoms. The highest BCUT2D eigenvalue weighted by Gasteiger charge is 2.53. The predicted octanol–water partition coefficient (Wildman–Crippen LogP) is 3.87. The number of benzene rings is 3. The number of hydrogen-bond acceptors (Lipinski definition) is 5. The number of carbonyl (C=O) groups excluding carboxylic acids is 3. The number of aromatic amines is 1. The highest BCUT2D eigenvalue weighted by atomic mass is 35.5. The molecule has 1 saturated heterocycles. The number of hydrogen-bond donors (Lipinski definition) is 4. The maximum Gasteiger partial charge on any atom is 0.332 e. The van der Waals surface area contributed by atoms with E-state index in [1.54, 1.807) is 30.3 Å². The second-order valence-corrected chi connectivity index (χ2v) is 10.6. The first kappa shape index (κ1) is 26.5. The molecule has 4 atom stereocenters. The normalized spacial score (nSPS) is 19.6. The number of halogens is 1. The van der Waals surface area contributed by atoms with Crippen LogP contribution in [0.2, 0.25) is 5.02 Å². The van der Waals surface area contributed by atoms with Gasteiger partial charge in [-0.3, -0.25) is 14.5 Å². The number of carboxylic acids is 1. The number of amides is 4. The van der Waals surface area contributed by atoms with Gasteiger partial charge in [0.1, 0.15) is 12.1 Å². The number of fused-ring (bicyclic) bond motifs is 4. The summed E-state index contributed by atoms with van der Waals surface area (Å²) in [7, 11) is 0. The number of aliphatic hydroxyl groups is 1. The zero-order chi connectivity index (χ0) is 29.0. The Labute approximate surface area is 239 Å². The van der Waals surface area contributed by atoms with E-state index in [9.17, 15) is 29.4 Å². The van der Waals surface area contributed by atoms with Crippen molar-refractivity contribution < 1.29 is 29.4 Å². The SMILES string of the molecule is C[C@@H](O)[C@H](NC(=O)c1ccccc1N1C(=O)[C@@H]2Cc3c([nH]c4ccccc34)[C@@H](c3cccc(Cl)c3)N2C1=O)C(=O)O. The van der Waals surface area contributed by atoms with Crippen molar-refractivity contribution >= 4 is 52.0 Å². The Kier molecular flexibility index (Phi) is 6.51. The van der Waals surface area contributed by atoms with Gasteiger partial charge < -0.3 is 20.5 Å². The Morgan fingerprint density at radius 2 is 1.78 bits per heavy atom. The topological polar surface area (TPSA) is 143 Å². The lowest BCUT2D eigenvalue weighted by molar-refractivity contribution is -0.141. The van der Waals surface area contributed by atoms with Crippen molar-refractivity contribution in [2.75, 3.05) is 4.90 Å². The second kappa shape index (κ2) is 10.1. The van der Waals surface area contributed by atoms with Crippen molar-refractivity contribution in [3.05, 3.63) is 100 Å². The molecule has 1 fully saturated rings. The van der Waals surface area contributed by atoms with Gasteiger partial charge in [0.05, 0.1) is 17.4 Å². The lowest BCUT2D eigenvalue weighted by atomic mass is 9.89. The Hall–Kier alpha value is -4.67. The molecule has 2 aliphatic heterocycles. The third kappa shape index (κ3) is 4.32. The zero-order valence-electron chi connectivity index (χ0n) is 21.7. The van der Waals surface area contributed by atoms with Crippen LogP contribution < -0.4 is 10.2 Å². The van der Waals surface area contributed by atoms with Crippen molar-refractivity contribution in [3.63, 3.8) is 0 Å². The lowest BCUT2D eigenvalue weighted by Gasteiger charge is -2.36. The van der Waals surface area contributed by atoms with E-state index >= 15 is 0 Å². The first-order valence-corrected chi connectivity index (χ1v) is 13.4. The molecule has 6 rings (SSSR count). The Balaban J connectivity index is 1.45. The Morgan fingerprint density at radius 3 is 2.51 bits per heavy atom. The number of aromatic nitrogens is 1. The first-order valence-electron chi connectivity index (χ1n) is 13.0. The van der Waals surface area contributed by atoms with Crippen molar-refractivity contribution in [2.45, 2.75) is 37.6 Å². The van der Waals surface area contributed by atoms with Gasteiger partial charge in [-0.05, 0) is 48.4 Å². The van der Waals surface area contributed by atoms with Crippen LogP contribution in [0, 0.1) is 0 Å². The van der Waals surface area contributed by atoms with Gasteiger partial charge in [-0.1, -0.05) is 54.1 Å². The van der Waals surface area contributed by atoms with Crippen LogP contribution in [0.4, 0.5) is 10.5 Å². The molecule has 3 heterocycles. The number of aliphatic hydroxyl groups excluding tert-OH is 1. The number of anilines is 1. The quantitative estimate of drug-likeness (QED) is 0.258. The molecule has 0 saturated carbocycles. The van der Waals surface area contributed by atoms with Crippen molar-refractivity contribution in [1.29, 1.82) is 0 Å². The number of nitrogens with zero attached hydrogens (tertiary/aromatic N) is 2. The summed E-state index contributed by atoms with van der Waals surface area (Å²) in [5, 5.41) is 23.0. The summed E-state index contributed by atoms with van der Waals surface area (Å²) in [6.07, 6.45) is -1.12. The average Bonchev–Trinajstić information content (AvgIpc) is 3.44. The summed E-state index contributed by atoms with van der Waals surface area (Å²) in [5.74, 6) is -2.78. The molecular weight excluding hydrogens is 548 g/mol. The highest BCUT2D eigenvalue weighted by Crippen LogP contribution is 2.45. The lowest BCUT2D eigenvalue weighted by Crippen LogP contribution is -2.48. The van der Waals surface area contributed by atoms with Gasteiger partial charge in [0.2, 0.25) is 0 Å². The van der Waals surface area contributed by atoms with E-state index in [1.807, 2.05) is 30.3 Å². The van der Waals surface area contributed by atoms with E-state index in [2.05, 4.69) is 10.3 Å². The Bertz CT molecular complexity index is 1730. The summed E-state index contributed by atoms with van der Waals surface area (Å²) in [4.78, 5) is 58.9. The fraction of sp³-hybridized carbons (Fsp3) is 0.200. The average molecular weight is 573 g/mol. The molecule has 1 aromatic heterocycles. The van der Waals surface area contributed by atoms with Crippen LogP contribution >= 0.6 is 11.6 Å². The maximum absolute atomic E-state index is 14.2. The van der Waals surface area contributed by atoms with E-state index in [-0.39, 0.29) is 17.7 Å². The molecule has 0 radical (unpaired) electrons. The predicted molar refractivity (Wildman–Crippen MR) is 151 cm³/mol. The smallest absolute Gasteiger partial charge is 0.332 e. The molecule has 41 heavy (non-hydrogen) atoms. The summed E-state index contributed by atoms with van der Waals surface area (Å²) in [5.41, 5.74) is 3.23. The third-order valence-electron chi connectivity index (χ3n) is 7.64. The summed E-state index contributed by atoms with van der Waals surface area (Å²) in [6.45, 7) is 1.24. The molecule has 0 unspecified atom stereocenters. The second-order valence-electron chi connectivity index (χ2n) is 10.2. The number of urea groups is 1. The number of aliphatic carboxylic acids is 1. The molecule has 208 valence electrons. The van der Waals surface area contributed by atoms with E-state index in [0.717, 1.165) is 27.1 Å². The van der Waals surface area contributed by atoms with Gasteiger partial charge in [0.25, 0.3) is 11.8 Å². The number of rotatable bonds is 6. The monoisotopic (exact) mass is 572 g/mol. The minimum atomic E-state index is -1.59. The van der Waals surface area contributed by atoms with Gasteiger partial charge in [0.15, 0.2) is 6.04 Å². The molecule has 0 bridgehead atoms. The van der Waals surface area contributed by atoms with Gasteiger partial charge in [-0.15, -0.1) is 0 Å². The van der Waals surface area contributed by atoms with Gasteiger partial charge in [0, 0.05) is 28.0 Å². The number of nitrogens with one attached hydrogen (secondary N) is 2. The third-order valence-corrected chi connectivity index (χ3v) is 7.87. The highest BCUT2D eigenvalue weighted by molar-refractivity contribution is 6.30. The Morgan fingerprint density at radius 1 is 1.05 bits per heavy atom. The fourth-order valence-corrected chi connectivity index (χ4v) is 5.99. The van der Waals surface area contributed by atoms with E-state index in [0.29, 0.717) is 10.6 Å². The number of para-hydroxylation sites is 2. The number of carbonyl (C=O) groups is 4. The summed E-state index contributed by atoms with van der Waals surface area (Å²) < 4.78 is 0. The van der Waals surface area contributed by atoms with E-state index in [4.69, 9.17) is 11.6 Å². The minimum absolute atomic E-state index is 0.0162. The molecule has 3 aromatic carbocycles. The molecule has 0 aliphatic carbocycles. The number of carboxylic acid groups (broad SMARTS) is 1. The van der Waals surface area contributed by atoms with E-state index in [1.165, 1.54) is 24.0 Å². The molecule has 2 aliphatic rings. The first-order chi connectivity index (χ1) is 19.7. The van der Waals surface area contributed by atoms with Crippen LogP contribution in [0.5, 0.6) is 0 Å². The molecule has 4 N–H and O–H groups in total. The largest absolute Gasteiger partial charge is 0.480 e. The molecule has 4 aromatic rings. The van der Waals surface area contributed by atoms with Crippen LogP contribution in [-0.2, 0) is 16.0 Å². The zero-order valence-corrected chi connectivity index (χ0v) is 22.5. The maximum atomic E-state index is 14.2. The van der Waals surface area contributed by atoms with Gasteiger partial charge in [-0.2, -0.15) is 0 Å². The fourth-order valence-electron chi connectivity index (χ4n) is 5.79. The summed E-state index contributed by atoms with van der Waals surface area (Å²) >= 11 is 6.35. The number of imide groups is 1. The molecule has 0 spiro atoms. The van der Waals surface area contributed by atoms with Crippen LogP contribution in [0.1, 0.15) is 40.1 Å². The standard InChI is InChI=1S/C30H25ClN4O6/c1-15(36)24(29(39)40)33-27(37)19-10-3-5-12-22(19)35-28(38)23-14-20-18-9-2-4-11-21(18)32-25(20)26(34(23)30(35)41)16-7-6-8-17(31)13-16/h2-13,15,23-24,26,32,36H,14H2,1H3,(H,33,37)(H,39,40)/t15-,23+,24+,26-/m1/s1.